The number of nitrogens with zero attached hydrogens (tertiary/aromatic N) is 4. The molecule has 2 aliphatic rings. The van der Waals surface area contributed by atoms with E-state index in [0.29, 0.717) is 17.6 Å². The zero-order valence-electron chi connectivity index (χ0n) is 13.9. The Balaban J connectivity index is 1.35. The predicted molar refractivity (Wildman–Crippen MR) is 95.0 cm³/mol. The standard InChI is InChI=1S/C18H22N4O2S/c23-17-9-14-11-21(18(24)12-25-15-2-5-19-6-3-15)10-13(14)8-16(17)22-7-1-4-20-22/h1-7,13-14,16-17,23H,8-12H2/t13-,14+,16-,17-/m1/s1. The summed E-state index contributed by atoms with van der Waals surface area (Å²) in [5.41, 5.74) is 0. The fourth-order valence-electron chi connectivity index (χ4n) is 4.04. The Morgan fingerprint density at radius 1 is 1.20 bits per heavy atom. The molecule has 1 saturated carbocycles. The minimum Gasteiger partial charge on any atom is -0.391 e. The van der Waals surface area contributed by atoms with Crippen molar-refractivity contribution in [3.63, 3.8) is 0 Å². The number of pyridine rings is 1. The molecule has 0 unspecified atom stereocenters. The summed E-state index contributed by atoms with van der Waals surface area (Å²) in [6, 6.07) is 5.76. The van der Waals surface area contributed by atoms with E-state index in [4.69, 9.17) is 0 Å². The summed E-state index contributed by atoms with van der Waals surface area (Å²) < 4.78 is 1.87. The van der Waals surface area contributed by atoms with Crippen LogP contribution in [0.15, 0.2) is 47.9 Å². The van der Waals surface area contributed by atoms with Crippen molar-refractivity contribution in [2.45, 2.75) is 29.9 Å². The van der Waals surface area contributed by atoms with E-state index in [2.05, 4.69) is 10.1 Å². The van der Waals surface area contributed by atoms with Gasteiger partial charge in [0.2, 0.25) is 5.91 Å². The smallest absolute Gasteiger partial charge is 0.232 e. The van der Waals surface area contributed by atoms with Crippen LogP contribution in [0, 0.1) is 11.8 Å². The average Bonchev–Trinajstić information content (AvgIpc) is 3.29. The Bertz CT molecular complexity index is 709. The van der Waals surface area contributed by atoms with E-state index in [-0.39, 0.29) is 18.1 Å². The van der Waals surface area contributed by atoms with E-state index in [9.17, 15) is 9.90 Å². The van der Waals surface area contributed by atoms with E-state index in [0.717, 1.165) is 30.8 Å². The Morgan fingerprint density at radius 3 is 2.68 bits per heavy atom. The van der Waals surface area contributed by atoms with Crippen LogP contribution in [0.2, 0.25) is 0 Å². The third kappa shape index (κ3) is 3.57. The number of hydrogen-bond donors (Lipinski definition) is 1. The summed E-state index contributed by atoms with van der Waals surface area (Å²) >= 11 is 1.55. The van der Waals surface area contributed by atoms with Crippen molar-refractivity contribution in [3.8, 4) is 0 Å². The Labute approximate surface area is 151 Å². The number of fused-ring (bicyclic) bond motifs is 1. The molecule has 2 aromatic rings. The van der Waals surface area contributed by atoms with E-state index in [1.165, 1.54) is 0 Å². The fourth-order valence-corrected chi connectivity index (χ4v) is 4.83. The fraction of sp³-hybridized carbons (Fsp3) is 0.500. The molecule has 1 N–H and O–H groups in total. The van der Waals surface area contributed by atoms with Crippen LogP contribution in [0.1, 0.15) is 18.9 Å². The lowest BCUT2D eigenvalue weighted by atomic mass is 9.77. The molecule has 4 atom stereocenters. The lowest BCUT2D eigenvalue weighted by molar-refractivity contribution is -0.127. The summed E-state index contributed by atoms with van der Waals surface area (Å²) in [6.45, 7) is 1.56. The molecule has 0 spiro atoms. The van der Waals surface area contributed by atoms with E-state index >= 15 is 0 Å². The van der Waals surface area contributed by atoms with Gasteiger partial charge in [-0.3, -0.25) is 14.5 Å². The third-order valence-corrected chi connectivity index (χ3v) is 6.34. The average molecular weight is 358 g/mol. The topological polar surface area (TPSA) is 71.2 Å². The van der Waals surface area contributed by atoms with Crippen LogP contribution in [0.4, 0.5) is 0 Å². The lowest BCUT2D eigenvalue weighted by Gasteiger charge is -2.35. The molecule has 132 valence electrons. The molecule has 0 bridgehead atoms. The van der Waals surface area contributed by atoms with Crippen LogP contribution >= 0.6 is 11.8 Å². The summed E-state index contributed by atoms with van der Waals surface area (Å²) in [7, 11) is 0. The number of thioether (sulfide) groups is 1. The minimum absolute atomic E-state index is 0.0255. The van der Waals surface area contributed by atoms with Crippen LogP contribution < -0.4 is 0 Å². The molecule has 0 radical (unpaired) electrons. The molecule has 2 fully saturated rings. The van der Waals surface area contributed by atoms with Crippen molar-refractivity contribution < 1.29 is 9.90 Å². The number of aromatic nitrogens is 3. The Kier molecular flexibility index (Phi) is 4.76. The van der Waals surface area contributed by atoms with Gasteiger partial charge in [-0.25, -0.2) is 0 Å². The lowest BCUT2D eigenvalue weighted by Crippen LogP contribution is -2.36. The highest BCUT2D eigenvalue weighted by molar-refractivity contribution is 8.00. The molecule has 7 heteroatoms. The number of likely N-dealkylation sites (tertiary alicyclic amines) is 1. The number of aliphatic hydroxyl groups is 1. The molecule has 4 rings (SSSR count). The molecule has 6 nitrogen and oxygen atoms in total. The van der Waals surface area contributed by atoms with E-state index < -0.39 is 0 Å². The molecule has 1 saturated heterocycles. The first-order chi connectivity index (χ1) is 12.2. The van der Waals surface area contributed by atoms with Gasteiger partial charge < -0.3 is 10.0 Å². The van der Waals surface area contributed by atoms with Crippen molar-refractivity contribution >= 4 is 17.7 Å². The van der Waals surface area contributed by atoms with Gasteiger partial charge in [-0.05, 0) is 42.9 Å². The second kappa shape index (κ2) is 7.17. The quantitative estimate of drug-likeness (QED) is 0.845. The van der Waals surface area contributed by atoms with Crippen molar-refractivity contribution in [3.05, 3.63) is 43.0 Å². The molecule has 1 amide bonds. The first-order valence-corrected chi connectivity index (χ1v) is 9.67. The Hall–Kier alpha value is -1.86. The predicted octanol–water partition coefficient (Wildman–Crippen LogP) is 1.84. The maximum Gasteiger partial charge on any atom is 0.232 e. The van der Waals surface area contributed by atoms with Crippen molar-refractivity contribution in [2.75, 3.05) is 18.8 Å². The highest BCUT2D eigenvalue weighted by Gasteiger charge is 2.43. The third-order valence-electron chi connectivity index (χ3n) is 5.34. The molecule has 1 aliphatic heterocycles. The Morgan fingerprint density at radius 2 is 1.96 bits per heavy atom. The van der Waals surface area contributed by atoms with E-state index in [1.54, 1.807) is 30.4 Å². The van der Waals surface area contributed by atoms with Gasteiger partial charge in [-0.2, -0.15) is 5.10 Å². The number of hydrogen-bond acceptors (Lipinski definition) is 5. The minimum atomic E-state index is -0.387. The van der Waals surface area contributed by atoms with E-state index in [1.807, 2.05) is 34.0 Å². The van der Waals surface area contributed by atoms with Gasteiger partial charge in [0, 0.05) is 42.8 Å². The van der Waals surface area contributed by atoms with Crippen molar-refractivity contribution in [1.29, 1.82) is 0 Å². The summed E-state index contributed by atoms with van der Waals surface area (Å²) in [4.78, 5) is 19.6. The maximum atomic E-state index is 12.6. The van der Waals surface area contributed by atoms with Crippen LogP contribution in [-0.2, 0) is 4.79 Å². The molecular weight excluding hydrogens is 336 g/mol. The summed E-state index contributed by atoms with van der Waals surface area (Å²) in [5.74, 6) is 1.49. The normalized spacial score (nSPS) is 28.8. The number of carbonyl (C=O) groups is 1. The molecule has 1 aliphatic carbocycles. The van der Waals surface area contributed by atoms with Gasteiger partial charge in [-0.1, -0.05) is 0 Å². The van der Waals surface area contributed by atoms with Gasteiger partial charge in [0.1, 0.15) is 0 Å². The highest BCUT2D eigenvalue weighted by Crippen LogP contribution is 2.41. The largest absolute Gasteiger partial charge is 0.391 e. The first kappa shape index (κ1) is 16.6. The SMILES string of the molecule is O=C(CSc1ccncc1)N1C[C@H]2C[C@@H](n3cccn3)[C@H](O)C[C@H]2C1. The van der Waals surface area contributed by atoms with Gasteiger partial charge in [-0.15, -0.1) is 11.8 Å². The van der Waals surface area contributed by atoms with Gasteiger partial charge in [0.25, 0.3) is 0 Å². The molecule has 3 heterocycles. The molecular formula is C18H22N4O2S. The van der Waals surface area contributed by atoms with Crippen molar-refractivity contribution in [1.82, 2.24) is 19.7 Å². The zero-order valence-corrected chi connectivity index (χ0v) is 14.8. The monoisotopic (exact) mass is 358 g/mol. The number of rotatable bonds is 4. The van der Waals surface area contributed by atoms with Gasteiger partial charge in [0.05, 0.1) is 17.9 Å². The molecule has 0 aromatic carbocycles. The summed E-state index contributed by atoms with van der Waals surface area (Å²) in [5, 5.41) is 14.8. The van der Waals surface area contributed by atoms with Gasteiger partial charge in [0.15, 0.2) is 0 Å². The maximum absolute atomic E-state index is 12.6. The van der Waals surface area contributed by atoms with Crippen LogP contribution in [0.3, 0.4) is 0 Å². The number of carbonyl (C=O) groups excluding carboxylic acids is 1. The highest BCUT2D eigenvalue weighted by atomic mass is 32.2. The van der Waals surface area contributed by atoms with Crippen LogP contribution in [-0.4, -0.2) is 55.6 Å². The van der Waals surface area contributed by atoms with Gasteiger partial charge >= 0.3 is 0 Å². The van der Waals surface area contributed by atoms with Crippen molar-refractivity contribution in [2.24, 2.45) is 11.8 Å². The number of aliphatic hydroxyl groups excluding tert-OH is 1. The molecule has 25 heavy (non-hydrogen) atoms. The summed E-state index contributed by atoms with van der Waals surface area (Å²) in [6.07, 6.45) is 8.40. The number of amides is 1. The van der Waals surface area contributed by atoms with Crippen LogP contribution in [0.5, 0.6) is 0 Å². The second-order valence-corrected chi connectivity index (χ2v) is 7.93. The zero-order chi connectivity index (χ0) is 17.2. The first-order valence-electron chi connectivity index (χ1n) is 8.68. The molecule has 2 aromatic heterocycles. The van der Waals surface area contributed by atoms with Crippen LogP contribution in [0.25, 0.3) is 0 Å². The second-order valence-electron chi connectivity index (χ2n) is 6.88.